The van der Waals surface area contributed by atoms with Crippen LogP contribution < -0.4 is 15.1 Å². The number of nitrogens with zero attached hydrogens (tertiary/aromatic N) is 4. The SMILES string of the molecule is Cc1cccc(C)c1Nc1nccc(N2CCN(c3ccccc3F)CC2)n1. The molecule has 3 aromatic rings. The van der Waals surface area contributed by atoms with Crippen LogP contribution in [0.15, 0.2) is 54.7 Å². The minimum atomic E-state index is -0.168. The van der Waals surface area contributed by atoms with Crippen LogP contribution in [0.5, 0.6) is 0 Å². The monoisotopic (exact) mass is 377 g/mol. The zero-order chi connectivity index (χ0) is 19.5. The molecule has 2 heterocycles. The van der Waals surface area contributed by atoms with E-state index in [1.807, 2.05) is 24.3 Å². The normalized spacial score (nSPS) is 14.2. The zero-order valence-corrected chi connectivity index (χ0v) is 16.2. The molecule has 1 aliphatic rings. The Hall–Kier alpha value is -3.15. The highest BCUT2D eigenvalue weighted by molar-refractivity contribution is 5.63. The largest absolute Gasteiger partial charge is 0.366 e. The fourth-order valence-corrected chi connectivity index (χ4v) is 3.59. The lowest BCUT2D eigenvalue weighted by Crippen LogP contribution is -2.47. The number of benzene rings is 2. The van der Waals surface area contributed by atoms with Crippen LogP contribution in [0.2, 0.25) is 0 Å². The molecule has 1 aromatic heterocycles. The molecule has 0 unspecified atom stereocenters. The lowest BCUT2D eigenvalue weighted by Gasteiger charge is -2.36. The van der Waals surface area contributed by atoms with Crippen LogP contribution in [0, 0.1) is 19.7 Å². The van der Waals surface area contributed by atoms with Gasteiger partial charge in [0.2, 0.25) is 5.95 Å². The van der Waals surface area contributed by atoms with E-state index in [0.29, 0.717) is 11.6 Å². The molecular weight excluding hydrogens is 353 g/mol. The van der Waals surface area contributed by atoms with Gasteiger partial charge in [0.15, 0.2) is 0 Å². The van der Waals surface area contributed by atoms with Crippen molar-refractivity contribution in [2.75, 3.05) is 41.3 Å². The Bertz CT molecular complexity index is 946. The van der Waals surface area contributed by atoms with Gasteiger partial charge in [-0.3, -0.25) is 0 Å². The first-order chi connectivity index (χ1) is 13.6. The van der Waals surface area contributed by atoms with Gasteiger partial charge in [-0.25, -0.2) is 9.37 Å². The van der Waals surface area contributed by atoms with Gasteiger partial charge in [-0.05, 0) is 43.2 Å². The predicted molar refractivity (Wildman–Crippen MR) is 112 cm³/mol. The van der Waals surface area contributed by atoms with Crippen molar-refractivity contribution in [3.05, 3.63) is 71.7 Å². The second-order valence-corrected chi connectivity index (χ2v) is 7.06. The van der Waals surface area contributed by atoms with Crippen LogP contribution in [0.3, 0.4) is 0 Å². The standard InChI is InChI=1S/C22H24FN5/c1-16-6-5-7-17(2)21(16)26-22-24-11-10-20(25-22)28-14-12-27(13-15-28)19-9-4-3-8-18(19)23/h3-11H,12-15H2,1-2H3,(H,24,25,26). The van der Waals surface area contributed by atoms with Gasteiger partial charge in [0.1, 0.15) is 11.6 Å². The van der Waals surface area contributed by atoms with Gasteiger partial charge in [0, 0.05) is 38.1 Å². The second-order valence-electron chi connectivity index (χ2n) is 7.06. The Labute approximate surface area is 164 Å². The molecule has 0 amide bonds. The molecule has 28 heavy (non-hydrogen) atoms. The van der Waals surface area contributed by atoms with Crippen LogP contribution in [-0.2, 0) is 0 Å². The predicted octanol–water partition coefficient (Wildman–Crippen LogP) is 4.30. The summed E-state index contributed by atoms with van der Waals surface area (Å²) in [6.45, 7) is 7.22. The number of para-hydroxylation sites is 2. The first-order valence-corrected chi connectivity index (χ1v) is 9.52. The molecule has 0 atom stereocenters. The Kier molecular flexibility index (Phi) is 5.10. The van der Waals surface area contributed by atoms with Crippen LogP contribution in [0.1, 0.15) is 11.1 Å². The van der Waals surface area contributed by atoms with Gasteiger partial charge in [-0.15, -0.1) is 0 Å². The summed E-state index contributed by atoms with van der Waals surface area (Å²) >= 11 is 0. The molecule has 1 aliphatic heterocycles. The maximum absolute atomic E-state index is 14.0. The number of halogens is 1. The van der Waals surface area contributed by atoms with Crippen molar-refractivity contribution in [2.45, 2.75) is 13.8 Å². The fraction of sp³-hybridized carbons (Fsp3) is 0.273. The van der Waals surface area contributed by atoms with E-state index >= 15 is 0 Å². The van der Waals surface area contributed by atoms with Gasteiger partial charge in [0.05, 0.1) is 5.69 Å². The topological polar surface area (TPSA) is 44.3 Å². The third-order valence-electron chi connectivity index (χ3n) is 5.16. The average molecular weight is 377 g/mol. The molecule has 5 nitrogen and oxygen atoms in total. The molecule has 4 rings (SSSR count). The molecule has 2 aromatic carbocycles. The second kappa shape index (κ2) is 7.84. The minimum absolute atomic E-state index is 0.168. The number of aryl methyl sites for hydroxylation is 2. The van der Waals surface area contributed by atoms with E-state index in [1.54, 1.807) is 12.3 Å². The number of hydrogen-bond donors (Lipinski definition) is 1. The molecular formula is C22H24FN5. The van der Waals surface area contributed by atoms with Gasteiger partial charge in [-0.2, -0.15) is 4.98 Å². The highest BCUT2D eigenvalue weighted by Gasteiger charge is 2.20. The van der Waals surface area contributed by atoms with E-state index < -0.39 is 0 Å². The molecule has 0 saturated carbocycles. The maximum atomic E-state index is 14.0. The maximum Gasteiger partial charge on any atom is 0.229 e. The summed E-state index contributed by atoms with van der Waals surface area (Å²) in [7, 11) is 0. The quantitative estimate of drug-likeness (QED) is 0.734. The van der Waals surface area contributed by atoms with E-state index in [1.165, 1.54) is 6.07 Å². The first kappa shape index (κ1) is 18.2. The molecule has 0 radical (unpaired) electrons. The number of nitrogens with one attached hydrogen (secondary N) is 1. The van der Waals surface area contributed by atoms with Crippen molar-refractivity contribution < 1.29 is 4.39 Å². The smallest absolute Gasteiger partial charge is 0.229 e. The molecule has 0 aliphatic carbocycles. The first-order valence-electron chi connectivity index (χ1n) is 9.52. The number of hydrogen-bond acceptors (Lipinski definition) is 5. The van der Waals surface area contributed by atoms with Crippen LogP contribution in [0.4, 0.5) is 27.5 Å². The third kappa shape index (κ3) is 3.76. The Balaban J connectivity index is 1.46. The van der Waals surface area contributed by atoms with E-state index in [9.17, 15) is 4.39 Å². The zero-order valence-electron chi connectivity index (χ0n) is 16.2. The Morgan fingerprint density at radius 2 is 1.54 bits per heavy atom. The Morgan fingerprint density at radius 3 is 2.25 bits per heavy atom. The van der Waals surface area contributed by atoms with Gasteiger partial charge in [-0.1, -0.05) is 30.3 Å². The number of aromatic nitrogens is 2. The summed E-state index contributed by atoms with van der Waals surface area (Å²) < 4.78 is 14.0. The van der Waals surface area contributed by atoms with Crippen molar-refractivity contribution in [3.8, 4) is 0 Å². The highest BCUT2D eigenvalue weighted by Crippen LogP contribution is 2.25. The van der Waals surface area contributed by atoms with Crippen molar-refractivity contribution in [3.63, 3.8) is 0 Å². The van der Waals surface area contributed by atoms with Gasteiger partial charge < -0.3 is 15.1 Å². The van der Waals surface area contributed by atoms with E-state index in [-0.39, 0.29) is 5.82 Å². The van der Waals surface area contributed by atoms with Crippen LogP contribution in [0.25, 0.3) is 0 Å². The summed E-state index contributed by atoms with van der Waals surface area (Å²) in [4.78, 5) is 13.4. The number of anilines is 4. The molecule has 1 saturated heterocycles. The number of piperazine rings is 1. The summed E-state index contributed by atoms with van der Waals surface area (Å²) in [5.74, 6) is 1.31. The molecule has 1 N–H and O–H groups in total. The van der Waals surface area contributed by atoms with Crippen molar-refractivity contribution >= 4 is 23.1 Å². The molecule has 6 heteroatoms. The van der Waals surface area contributed by atoms with Gasteiger partial charge in [0.25, 0.3) is 0 Å². The minimum Gasteiger partial charge on any atom is -0.366 e. The summed E-state index contributed by atoms with van der Waals surface area (Å²) in [6, 6.07) is 15.1. The third-order valence-corrected chi connectivity index (χ3v) is 5.16. The molecule has 144 valence electrons. The highest BCUT2D eigenvalue weighted by atomic mass is 19.1. The van der Waals surface area contributed by atoms with Crippen LogP contribution in [-0.4, -0.2) is 36.1 Å². The summed E-state index contributed by atoms with van der Waals surface area (Å²) in [5, 5.41) is 3.35. The molecule has 0 spiro atoms. The average Bonchev–Trinajstić information content (AvgIpc) is 2.72. The van der Waals surface area contributed by atoms with Crippen molar-refractivity contribution in [1.82, 2.24) is 9.97 Å². The van der Waals surface area contributed by atoms with E-state index in [2.05, 4.69) is 46.1 Å². The van der Waals surface area contributed by atoms with Crippen LogP contribution >= 0.6 is 0 Å². The molecule has 1 fully saturated rings. The molecule has 0 bridgehead atoms. The number of rotatable bonds is 4. The van der Waals surface area contributed by atoms with E-state index in [0.717, 1.165) is 48.8 Å². The van der Waals surface area contributed by atoms with Crippen molar-refractivity contribution in [2.24, 2.45) is 0 Å². The Morgan fingerprint density at radius 1 is 0.857 bits per heavy atom. The lowest BCUT2D eigenvalue weighted by atomic mass is 10.1. The fourth-order valence-electron chi connectivity index (χ4n) is 3.59. The lowest BCUT2D eigenvalue weighted by molar-refractivity contribution is 0.596. The van der Waals surface area contributed by atoms with Crippen molar-refractivity contribution in [1.29, 1.82) is 0 Å². The van der Waals surface area contributed by atoms with E-state index in [4.69, 9.17) is 4.98 Å². The summed E-state index contributed by atoms with van der Waals surface area (Å²) in [5.41, 5.74) is 4.03. The summed E-state index contributed by atoms with van der Waals surface area (Å²) in [6.07, 6.45) is 1.78. The van der Waals surface area contributed by atoms with Gasteiger partial charge >= 0.3 is 0 Å².